The van der Waals surface area contributed by atoms with Gasteiger partial charge in [0.15, 0.2) is 17.8 Å². The molecule has 1 amide bonds. The van der Waals surface area contributed by atoms with Crippen LogP contribution in [0.4, 0.5) is 5.69 Å². The van der Waals surface area contributed by atoms with E-state index in [0.29, 0.717) is 12.6 Å². The highest BCUT2D eigenvalue weighted by molar-refractivity contribution is 5.80. The predicted octanol–water partition coefficient (Wildman–Crippen LogP) is 0.852. The van der Waals surface area contributed by atoms with Crippen molar-refractivity contribution in [2.24, 2.45) is 10.9 Å². The topological polar surface area (TPSA) is 129 Å². The maximum absolute atomic E-state index is 12.3. The van der Waals surface area contributed by atoms with Crippen LogP contribution in [0.25, 0.3) is 0 Å². The van der Waals surface area contributed by atoms with Crippen LogP contribution in [0.3, 0.4) is 0 Å². The van der Waals surface area contributed by atoms with Gasteiger partial charge in [-0.05, 0) is 52.3 Å². The van der Waals surface area contributed by atoms with Crippen molar-refractivity contribution in [2.45, 2.75) is 65.4 Å². The molecule has 194 valence electrons. The minimum Gasteiger partial charge on any atom is -0.512 e. The van der Waals surface area contributed by atoms with Crippen LogP contribution in [0.5, 0.6) is 0 Å². The summed E-state index contributed by atoms with van der Waals surface area (Å²) in [6.07, 6.45) is -0.0557. The number of carbonyl (C=O) groups is 1. The summed E-state index contributed by atoms with van der Waals surface area (Å²) in [6, 6.07) is 7.92. The molecule has 10 heteroatoms. The summed E-state index contributed by atoms with van der Waals surface area (Å²) < 4.78 is 0. The molecular weight excluding hydrogens is 448 g/mol. The lowest BCUT2D eigenvalue weighted by atomic mass is 9.93. The van der Waals surface area contributed by atoms with Gasteiger partial charge in [0, 0.05) is 44.0 Å². The number of amides is 1. The number of hydrogen-bond donors (Lipinski definition) is 4. The fraction of sp³-hybridized carbons (Fsp3) is 0.600. The lowest BCUT2D eigenvalue weighted by Gasteiger charge is -2.38. The van der Waals surface area contributed by atoms with Crippen LogP contribution in [0.1, 0.15) is 40.2 Å². The van der Waals surface area contributed by atoms with Gasteiger partial charge >= 0.3 is 5.91 Å². The number of carbonyl (C=O) groups excluding carboxylic acids is 1. The van der Waals surface area contributed by atoms with Crippen molar-refractivity contribution in [3.8, 4) is 0 Å². The van der Waals surface area contributed by atoms with E-state index in [-0.39, 0.29) is 17.7 Å². The quantitative estimate of drug-likeness (QED) is 0.252. The molecule has 0 radical (unpaired) electrons. The van der Waals surface area contributed by atoms with E-state index in [4.69, 9.17) is 9.83 Å². The van der Waals surface area contributed by atoms with E-state index in [1.165, 1.54) is 5.06 Å². The van der Waals surface area contributed by atoms with Crippen LogP contribution in [-0.2, 0) is 16.2 Å². The van der Waals surface area contributed by atoms with Gasteiger partial charge in [-0.2, -0.15) is 0 Å². The molecule has 0 aliphatic carbocycles. The second kappa shape index (κ2) is 11.7. The Kier molecular flexibility index (Phi) is 8.98. The Morgan fingerprint density at radius 1 is 1.23 bits per heavy atom. The summed E-state index contributed by atoms with van der Waals surface area (Å²) in [5.74, 6) is 0.0957. The molecular formula is C25H41N6O4+. The van der Waals surface area contributed by atoms with Gasteiger partial charge in [0.2, 0.25) is 0 Å². The number of benzene rings is 1. The van der Waals surface area contributed by atoms with Gasteiger partial charge in [-0.1, -0.05) is 12.1 Å². The molecule has 3 atom stereocenters. The van der Waals surface area contributed by atoms with Crippen molar-refractivity contribution in [3.05, 3.63) is 41.9 Å². The molecule has 10 nitrogen and oxygen atoms in total. The van der Waals surface area contributed by atoms with E-state index in [9.17, 15) is 15.0 Å². The summed E-state index contributed by atoms with van der Waals surface area (Å²) in [5.41, 5.74) is 5.61. The van der Waals surface area contributed by atoms with Gasteiger partial charge < -0.3 is 30.2 Å². The molecule has 0 saturated carbocycles. The zero-order chi connectivity index (χ0) is 25.7. The number of rotatable bonds is 7. The average molecular weight is 490 g/mol. The van der Waals surface area contributed by atoms with Gasteiger partial charge in [-0.25, -0.2) is 4.79 Å². The van der Waals surface area contributed by atoms with E-state index in [0.717, 1.165) is 49.7 Å². The lowest BCUT2D eigenvalue weighted by Crippen LogP contribution is -2.66. The van der Waals surface area contributed by atoms with Gasteiger partial charge in [-0.3, -0.25) is 10.7 Å². The van der Waals surface area contributed by atoms with E-state index in [1.54, 1.807) is 6.92 Å². The van der Waals surface area contributed by atoms with Gasteiger partial charge in [0.25, 0.3) is 0 Å². The van der Waals surface area contributed by atoms with Crippen LogP contribution in [-0.4, -0.2) is 82.5 Å². The van der Waals surface area contributed by atoms with Crippen LogP contribution in [0.15, 0.2) is 41.3 Å². The number of nitrogens with one attached hydrogen (secondary N) is 1. The Hall–Kier alpha value is -2.82. The van der Waals surface area contributed by atoms with Crippen molar-refractivity contribution < 1.29 is 25.6 Å². The minimum absolute atomic E-state index is 0.170. The first-order valence-electron chi connectivity index (χ1n) is 12.4. The zero-order valence-electron chi connectivity index (χ0n) is 21.5. The highest BCUT2D eigenvalue weighted by atomic mass is 16.7. The second-order valence-corrected chi connectivity index (χ2v) is 9.86. The van der Waals surface area contributed by atoms with Crippen LogP contribution < -0.4 is 16.0 Å². The number of aliphatic hydroxyl groups is 2. The predicted molar refractivity (Wildman–Crippen MR) is 135 cm³/mol. The SMILES string of the molecule is CC(C)N=C(NC(C)C)N1CCN(c2cccc(CN3O/C(=C/O)[C@@H]([C@H](C)O)[C@H]3C([NH3+])=O)c2)CC1. The van der Waals surface area contributed by atoms with E-state index in [1.807, 2.05) is 12.1 Å². The molecule has 2 saturated heterocycles. The number of piperazine rings is 1. The highest BCUT2D eigenvalue weighted by Gasteiger charge is 2.48. The summed E-state index contributed by atoms with van der Waals surface area (Å²) in [6.45, 7) is 13.8. The van der Waals surface area contributed by atoms with Crippen molar-refractivity contribution in [1.82, 2.24) is 15.3 Å². The van der Waals surface area contributed by atoms with Crippen molar-refractivity contribution in [2.75, 3.05) is 31.1 Å². The first kappa shape index (κ1) is 26.8. The summed E-state index contributed by atoms with van der Waals surface area (Å²) in [7, 11) is 0. The van der Waals surface area contributed by atoms with Crippen LogP contribution >= 0.6 is 0 Å². The molecule has 1 aromatic rings. The molecule has 0 bridgehead atoms. The summed E-state index contributed by atoms with van der Waals surface area (Å²) in [4.78, 5) is 27.4. The molecule has 0 spiro atoms. The van der Waals surface area contributed by atoms with Gasteiger partial charge in [-0.15, -0.1) is 5.06 Å². The number of nitrogens with zero attached hydrogens (tertiary/aromatic N) is 4. The third-order valence-corrected chi connectivity index (χ3v) is 6.17. The number of aliphatic imine (C=N–C) groups is 1. The zero-order valence-corrected chi connectivity index (χ0v) is 21.5. The Labute approximate surface area is 208 Å². The number of guanidine groups is 1. The maximum Gasteiger partial charge on any atom is 0.330 e. The fourth-order valence-corrected chi connectivity index (χ4v) is 4.61. The number of anilines is 1. The largest absolute Gasteiger partial charge is 0.512 e. The summed E-state index contributed by atoms with van der Waals surface area (Å²) >= 11 is 0. The molecule has 35 heavy (non-hydrogen) atoms. The molecule has 1 aromatic carbocycles. The molecule has 2 aliphatic rings. The van der Waals surface area contributed by atoms with Gasteiger partial charge in [0.1, 0.15) is 6.26 Å². The fourth-order valence-electron chi connectivity index (χ4n) is 4.61. The van der Waals surface area contributed by atoms with Crippen LogP contribution in [0, 0.1) is 5.92 Å². The third-order valence-electron chi connectivity index (χ3n) is 6.17. The smallest absolute Gasteiger partial charge is 0.330 e. The Bertz CT molecular complexity index is 924. The second-order valence-electron chi connectivity index (χ2n) is 9.86. The van der Waals surface area contributed by atoms with Crippen LogP contribution in [0.2, 0.25) is 0 Å². The monoisotopic (exact) mass is 489 g/mol. The Balaban J connectivity index is 1.70. The number of hydroxylamine groups is 2. The van der Waals surface area contributed by atoms with E-state index < -0.39 is 18.1 Å². The first-order chi connectivity index (χ1) is 16.6. The van der Waals surface area contributed by atoms with Crippen molar-refractivity contribution in [1.29, 1.82) is 0 Å². The third kappa shape index (κ3) is 6.65. The first-order valence-corrected chi connectivity index (χ1v) is 12.4. The van der Waals surface area contributed by atoms with E-state index in [2.05, 4.69) is 60.7 Å². The van der Waals surface area contributed by atoms with Gasteiger partial charge in [0.05, 0.1) is 18.6 Å². The highest BCUT2D eigenvalue weighted by Crippen LogP contribution is 2.34. The van der Waals surface area contributed by atoms with E-state index >= 15 is 0 Å². The molecule has 2 fully saturated rings. The average Bonchev–Trinajstić information content (AvgIpc) is 3.17. The Morgan fingerprint density at radius 3 is 2.46 bits per heavy atom. The standard InChI is InChI=1S/C25H40N6O4/c1-16(2)27-25(28-17(3)4)30-11-9-29(10-12-30)20-8-6-7-19(13-20)14-31-23(24(26)34)22(18(5)33)21(15-32)35-31/h6-8,13,15-18,22-23,32-33H,9-12,14H2,1-5H3,(H2,26,34)(H,27,28)/p+1/b21-15+/t18-,22+,23-/m0/s1. The number of aliphatic hydroxyl groups excluding tert-OH is 2. The molecule has 0 unspecified atom stereocenters. The molecule has 2 aliphatic heterocycles. The molecule has 6 N–H and O–H groups in total. The lowest BCUT2D eigenvalue weighted by molar-refractivity contribution is -0.318. The van der Waals surface area contributed by atoms with Crippen molar-refractivity contribution in [3.63, 3.8) is 0 Å². The molecule has 2 heterocycles. The Morgan fingerprint density at radius 2 is 1.91 bits per heavy atom. The molecule has 0 aromatic heterocycles. The van der Waals surface area contributed by atoms with Crippen molar-refractivity contribution >= 4 is 17.6 Å². The maximum atomic E-state index is 12.3. The number of quaternary nitrogens is 1. The molecule has 3 rings (SSSR count). The minimum atomic E-state index is -0.869. The summed E-state index contributed by atoms with van der Waals surface area (Å²) in [5, 5.41) is 24.7. The number of hydrogen-bond acceptors (Lipinski definition) is 7. The normalized spacial score (nSPS) is 23.8.